The van der Waals surface area contributed by atoms with Crippen molar-refractivity contribution < 1.29 is 4.79 Å². The minimum absolute atomic E-state index is 0.105. The molecule has 2 N–H and O–H groups in total. The summed E-state index contributed by atoms with van der Waals surface area (Å²) in [4.78, 5) is 21.4. The molecule has 0 aliphatic heterocycles. The maximum absolute atomic E-state index is 12.5. The van der Waals surface area contributed by atoms with Gasteiger partial charge in [0.1, 0.15) is 5.82 Å². The highest BCUT2D eigenvalue weighted by Crippen LogP contribution is 2.24. The van der Waals surface area contributed by atoms with E-state index >= 15 is 0 Å². The van der Waals surface area contributed by atoms with Gasteiger partial charge in [-0.15, -0.1) is 11.8 Å². The number of carbonyl (C=O) groups is 1. The van der Waals surface area contributed by atoms with Crippen molar-refractivity contribution in [3.05, 3.63) is 78.4 Å². The van der Waals surface area contributed by atoms with E-state index in [0.29, 0.717) is 5.56 Å². The van der Waals surface area contributed by atoms with E-state index in [2.05, 4.69) is 15.3 Å². The van der Waals surface area contributed by atoms with Gasteiger partial charge in [0.05, 0.1) is 16.6 Å². The second-order valence-corrected chi connectivity index (χ2v) is 6.68. The van der Waals surface area contributed by atoms with Crippen LogP contribution in [0.15, 0.2) is 77.7 Å². The van der Waals surface area contributed by atoms with Gasteiger partial charge in [-0.2, -0.15) is 0 Å². The van der Waals surface area contributed by atoms with Gasteiger partial charge in [0.15, 0.2) is 0 Å². The van der Waals surface area contributed by atoms with Crippen molar-refractivity contribution in [3.8, 4) is 11.4 Å². The number of aromatic amines is 1. The van der Waals surface area contributed by atoms with E-state index in [0.717, 1.165) is 33.0 Å². The normalized spacial score (nSPS) is 10.8. The molecule has 0 aliphatic carbocycles. The molecule has 0 saturated heterocycles. The van der Waals surface area contributed by atoms with Crippen LogP contribution in [0.5, 0.6) is 0 Å². The summed E-state index contributed by atoms with van der Waals surface area (Å²) in [7, 11) is 0. The third kappa shape index (κ3) is 3.21. The maximum atomic E-state index is 12.5. The van der Waals surface area contributed by atoms with Gasteiger partial charge in [-0.25, -0.2) is 4.98 Å². The summed E-state index contributed by atoms with van der Waals surface area (Å²) in [6.45, 7) is 0. The zero-order valence-corrected chi connectivity index (χ0v) is 15.0. The minimum atomic E-state index is -0.105. The van der Waals surface area contributed by atoms with Crippen molar-refractivity contribution >= 4 is 34.4 Å². The second-order valence-electron chi connectivity index (χ2n) is 5.83. The Labute approximate surface area is 155 Å². The van der Waals surface area contributed by atoms with Gasteiger partial charge in [0.2, 0.25) is 0 Å². The number of carbonyl (C=O) groups excluding carboxylic acids is 1. The molecule has 0 spiro atoms. The van der Waals surface area contributed by atoms with Gasteiger partial charge in [0.25, 0.3) is 5.91 Å². The fraction of sp³-hybridized carbons (Fsp3) is 0.0476. The third-order valence-corrected chi connectivity index (χ3v) is 4.95. The fourth-order valence-corrected chi connectivity index (χ4v) is 3.43. The number of amides is 1. The van der Waals surface area contributed by atoms with E-state index in [1.165, 1.54) is 0 Å². The molecule has 0 aliphatic rings. The van der Waals surface area contributed by atoms with Crippen LogP contribution in [0.25, 0.3) is 22.4 Å². The molecular formula is C21H17N3OS. The number of hydrogen-bond acceptors (Lipinski definition) is 3. The molecule has 4 rings (SSSR count). The van der Waals surface area contributed by atoms with E-state index in [-0.39, 0.29) is 5.91 Å². The molecule has 5 heteroatoms. The highest BCUT2D eigenvalue weighted by molar-refractivity contribution is 7.98. The lowest BCUT2D eigenvalue weighted by molar-refractivity contribution is 0.102. The molecule has 0 bridgehead atoms. The number of H-pyrrole nitrogens is 1. The average molecular weight is 359 g/mol. The number of hydrogen-bond donors (Lipinski definition) is 2. The van der Waals surface area contributed by atoms with Crippen LogP contribution in [0.4, 0.5) is 5.69 Å². The highest BCUT2D eigenvalue weighted by Gasteiger charge is 2.11. The predicted molar refractivity (Wildman–Crippen MR) is 108 cm³/mol. The van der Waals surface area contributed by atoms with Crippen LogP contribution in [0.1, 0.15) is 10.4 Å². The molecule has 1 aromatic heterocycles. The molecular weight excluding hydrogens is 342 g/mol. The number of rotatable bonds is 4. The average Bonchev–Trinajstić information content (AvgIpc) is 3.12. The Bertz CT molecular complexity index is 1040. The number of aromatic nitrogens is 2. The minimum Gasteiger partial charge on any atom is -0.338 e. The zero-order chi connectivity index (χ0) is 17.9. The lowest BCUT2D eigenvalue weighted by atomic mass is 10.1. The van der Waals surface area contributed by atoms with Gasteiger partial charge in [-0.3, -0.25) is 4.79 Å². The Morgan fingerprint density at radius 2 is 1.69 bits per heavy atom. The number of anilines is 1. The maximum Gasteiger partial charge on any atom is 0.256 e. The largest absolute Gasteiger partial charge is 0.338 e. The summed E-state index contributed by atoms with van der Waals surface area (Å²) < 4.78 is 0. The third-order valence-electron chi connectivity index (χ3n) is 4.16. The molecule has 4 aromatic rings. The Hall–Kier alpha value is -3.05. The second kappa shape index (κ2) is 7.06. The fourth-order valence-electron chi connectivity index (χ4n) is 2.83. The predicted octanol–water partition coefficient (Wildman–Crippen LogP) is 5.20. The summed E-state index contributed by atoms with van der Waals surface area (Å²) in [6.07, 6.45) is 1.97. The first kappa shape index (κ1) is 16.4. The number of thioether (sulfide) groups is 1. The molecule has 26 heavy (non-hydrogen) atoms. The smallest absolute Gasteiger partial charge is 0.256 e. The molecule has 3 aromatic carbocycles. The van der Waals surface area contributed by atoms with Gasteiger partial charge in [-0.05, 0) is 54.8 Å². The standard InChI is InChI=1S/C21H17N3OS/c1-26-19-9-5-2-6-16(19)21(25)22-15-12-10-14(11-13-15)20-23-17-7-3-4-8-18(17)24-20/h2-13H,1H3,(H,22,25)(H,23,24). The first-order valence-electron chi connectivity index (χ1n) is 8.24. The number of nitrogens with zero attached hydrogens (tertiary/aromatic N) is 1. The quantitative estimate of drug-likeness (QED) is 0.492. The van der Waals surface area contributed by atoms with Crippen LogP contribution in [0.3, 0.4) is 0 Å². The number of para-hydroxylation sites is 2. The van der Waals surface area contributed by atoms with Crippen molar-refractivity contribution in [2.45, 2.75) is 4.90 Å². The molecule has 0 unspecified atom stereocenters. The summed E-state index contributed by atoms with van der Waals surface area (Å²) in [5, 5.41) is 2.96. The van der Waals surface area contributed by atoms with E-state index in [9.17, 15) is 4.79 Å². The summed E-state index contributed by atoms with van der Waals surface area (Å²) in [6, 6.07) is 23.2. The van der Waals surface area contributed by atoms with Crippen LogP contribution in [-0.4, -0.2) is 22.1 Å². The number of benzene rings is 3. The number of nitrogens with one attached hydrogen (secondary N) is 2. The molecule has 0 radical (unpaired) electrons. The van der Waals surface area contributed by atoms with Gasteiger partial charge >= 0.3 is 0 Å². The van der Waals surface area contributed by atoms with Crippen LogP contribution in [0.2, 0.25) is 0 Å². The van der Waals surface area contributed by atoms with Crippen molar-refractivity contribution in [2.24, 2.45) is 0 Å². The van der Waals surface area contributed by atoms with Crippen LogP contribution >= 0.6 is 11.8 Å². The molecule has 0 fully saturated rings. The van der Waals surface area contributed by atoms with Crippen LogP contribution < -0.4 is 5.32 Å². The Kier molecular flexibility index (Phi) is 4.46. The van der Waals surface area contributed by atoms with Crippen molar-refractivity contribution in [1.82, 2.24) is 9.97 Å². The Morgan fingerprint density at radius 1 is 0.962 bits per heavy atom. The molecule has 1 heterocycles. The summed E-state index contributed by atoms with van der Waals surface area (Å²) in [5.74, 6) is 0.711. The molecule has 0 saturated carbocycles. The highest BCUT2D eigenvalue weighted by atomic mass is 32.2. The molecule has 128 valence electrons. The monoisotopic (exact) mass is 359 g/mol. The van der Waals surface area contributed by atoms with Crippen molar-refractivity contribution in [1.29, 1.82) is 0 Å². The molecule has 0 atom stereocenters. The van der Waals surface area contributed by atoms with Crippen LogP contribution in [0, 0.1) is 0 Å². The topological polar surface area (TPSA) is 57.8 Å². The lowest BCUT2D eigenvalue weighted by Gasteiger charge is -2.09. The van der Waals surface area contributed by atoms with Crippen LogP contribution in [-0.2, 0) is 0 Å². The first-order chi connectivity index (χ1) is 12.7. The van der Waals surface area contributed by atoms with E-state index < -0.39 is 0 Å². The lowest BCUT2D eigenvalue weighted by Crippen LogP contribution is -2.12. The van der Waals surface area contributed by atoms with E-state index in [4.69, 9.17) is 0 Å². The van der Waals surface area contributed by atoms with Gasteiger partial charge < -0.3 is 10.3 Å². The SMILES string of the molecule is CSc1ccccc1C(=O)Nc1ccc(-c2nc3ccccc3[nH]2)cc1. The molecule has 4 nitrogen and oxygen atoms in total. The number of imidazole rings is 1. The van der Waals surface area contributed by atoms with E-state index in [1.807, 2.05) is 79.1 Å². The van der Waals surface area contributed by atoms with Gasteiger partial charge in [0, 0.05) is 16.1 Å². The van der Waals surface area contributed by atoms with Gasteiger partial charge in [-0.1, -0.05) is 24.3 Å². The van der Waals surface area contributed by atoms with E-state index in [1.54, 1.807) is 11.8 Å². The Balaban J connectivity index is 1.55. The Morgan fingerprint density at radius 3 is 2.46 bits per heavy atom. The van der Waals surface area contributed by atoms with Crippen molar-refractivity contribution in [2.75, 3.05) is 11.6 Å². The summed E-state index contributed by atoms with van der Waals surface area (Å²) in [5.41, 5.74) is 4.36. The molecule has 1 amide bonds. The first-order valence-corrected chi connectivity index (χ1v) is 9.46. The summed E-state index contributed by atoms with van der Waals surface area (Å²) >= 11 is 1.56. The number of fused-ring (bicyclic) bond motifs is 1. The zero-order valence-electron chi connectivity index (χ0n) is 14.2. The van der Waals surface area contributed by atoms with Crippen molar-refractivity contribution in [3.63, 3.8) is 0 Å².